The maximum absolute atomic E-state index is 13.6. The molecule has 10 heteroatoms. The Morgan fingerprint density at radius 3 is 2.51 bits per heavy atom. The van der Waals surface area contributed by atoms with Gasteiger partial charge in [0, 0.05) is 62.0 Å². The van der Waals surface area contributed by atoms with Crippen LogP contribution < -0.4 is 15.4 Å². The van der Waals surface area contributed by atoms with Crippen molar-refractivity contribution in [2.24, 2.45) is 7.05 Å². The second kappa shape index (κ2) is 9.46. The number of aryl methyl sites for hydroxylation is 1. The Labute approximate surface area is 200 Å². The van der Waals surface area contributed by atoms with Gasteiger partial charge in [0.2, 0.25) is 0 Å². The zero-order valence-corrected chi connectivity index (χ0v) is 19.5. The van der Waals surface area contributed by atoms with E-state index in [2.05, 4.69) is 61.5 Å². The maximum Gasteiger partial charge on any atom is 0.320 e. The van der Waals surface area contributed by atoms with Crippen LogP contribution >= 0.6 is 0 Å². The standard InChI is InChI=1S/C25H26F2N6O2/c1-32-13-15(17-5-3-4-6-22(17)32)14-33-9-7-16(8-10-33)28-25(34)31-23-24(35-2)30-21-12-19(27)18(26)11-20(21)29-23/h3-6,11-13,16H,7-10,14H2,1-2H3,(H2,28,29,31,34). The van der Waals surface area contributed by atoms with Crippen LogP contribution in [0, 0.1) is 11.6 Å². The number of likely N-dealkylation sites (tertiary alicyclic amines) is 1. The Hall–Kier alpha value is -3.79. The zero-order valence-electron chi connectivity index (χ0n) is 19.5. The summed E-state index contributed by atoms with van der Waals surface area (Å²) in [5.74, 6) is -2.01. The number of piperidine rings is 1. The fourth-order valence-electron chi connectivity index (χ4n) is 4.62. The largest absolute Gasteiger partial charge is 0.478 e. The zero-order chi connectivity index (χ0) is 24.5. The summed E-state index contributed by atoms with van der Waals surface area (Å²) in [4.78, 5) is 23.3. The number of benzene rings is 2. The predicted molar refractivity (Wildman–Crippen MR) is 129 cm³/mol. The summed E-state index contributed by atoms with van der Waals surface area (Å²) in [6, 6.07) is 9.81. The van der Waals surface area contributed by atoms with Gasteiger partial charge in [0.1, 0.15) is 0 Å². The smallest absolute Gasteiger partial charge is 0.320 e. The number of carbonyl (C=O) groups excluding carboxylic acids is 1. The highest BCUT2D eigenvalue weighted by molar-refractivity contribution is 5.91. The molecule has 2 amide bonds. The minimum atomic E-state index is -1.04. The van der Waals surface area contributed by atoms with E-state index in [-0.39, 0.29) is 28.8 Å². The van der Waals surface area contributed by atoms with Crippen molar-refractivity contribution >= 4 is 33.8 Å². The average Bonchev–Trinajstić information content (AvgIpc) is 3.16. The van der Waals surface area contributed by atoms with Gasteiger partial charge in [0.25, 0.3) is 5.88 Å². The molecule has 0 bridgehead atoms. The van der Waals surface area contributed by atoms with Crippen LogP contribution in [0.1, 0.15) is 18.4 Å². The summed E-state index contributed by atoms with van der Waals surface area (Å²) in [6.45, 7) is 2.58. The van der Waals surface area contributed by atoms with Crippen molar-refractivity contribution in [2.75, 3.05) is 25.5 Å². The molecule has 0 unspecified atom stereocenters. The van der Waals surface area contributed by atoms with E-state index in [0.717, 1.165) is 44.6 Å². The van der Waals surface area contributed by atoms with E-state index in [1.165, 1.54) is 23.6 Å². The van der Waals surface area contributed by atoms with Crippen LogP contribution in [0.4, 0.5) is 19.4 Å². The normalized spacial score (nSPS) is 15.0. The molecular weight excluding hydrogens is 454 g/mol. The van der Waals surface area contributed by atoms with Crippen LogP contribution in [0.5, 0.6) is 5.88 Å². The van der Waals surface area contributed by atoms with Crippen molar-refractivity contribution in [1.29, 1.82) is 0 Å². The van der Waals surface area contributed by atoms with E-state index in [1.807, 2.05) is 6.07 Å². The second-order valence-corrected chi connectivity index (χ2v) is 8.77. The number of hydrogen-bond acceptors (Lipinski definition) is 5. The minimum absolute atomic E-state index is 0.00437. The first-order chi connectivity index (χ1) is 16.9. The Morgan fingerprint density at radius 2 is 1.80 bits per heavy atom. The first-order valence-corrected chi connectivity index (χ1v) is 11.4. The van der Waals surface area contributed by atoms with Gasteiger partial charge >= 0.3 is 6.03 Å². The molecule has 1 saturated heterocycles. The number of carbonyl (C=O) groups is 1. The van der Waals surface area contributed by atoms with Crippen molar-refractivity contribution in [3.05, 3.63) is 59.8 Å². The van der Waals surface area contributed by atoms with Crippen LogP contribution in [0.3, 0.4) is 0 Å². The molecule has 2 aromatic carbocycles. The molecule has 0 atom stereocenters. The van der Waals surface area contributed by atoms with Crippen LogP contribution in [0.25, 0.3) is 21.9 Å². The van der Waals surface area contributed by atoms with Gasteiger partial charge in [-0.05, 0) is 24.5 Å². The summed E-state index contributed by atoms with van der Waals surface area (Å²) in [6.07, 6.45) is 3.80. The molecule has 182 valence electrons. The molecule has 0 spiro atoms. The van der Waals surface area contributed by atoms with Crippen molar-refractivity contribution in [1.82, 2.24) is 24.8 Å². The number of para-hydroxylation sites is 1. The molecule has 5 rings (SSSR count). The van der Waals surface area contributed by atoms with Gasteiger partial charge in [-0.3, -0.25) is 10.2 Å². The quantitative estimate of drug-likeness (QED) is 0.448. The third-order valence-electron chi connectivity index (χ3n) is 6.40. The fraction of sp³-hybridized carbons (Fsp3) is 0.320. The van der Waals surface area contributed by atoms with Gasteiger partial charge in [-0.1, -0.05) is 18.2 Å². The summed E-state index contributed by atoms with van der Waals surface area (Å²) in [5, 5.41) is 6.86. The minimum Gasteiger partial charge on any atom is -0.478 e. The highest BCUT2D eigenvalue weighted by Gasteiger charge is 2.23. The Morgan fingerprint density at radius 1 is 1.11 bits per heavy atom. The van der Waals surface area contributed by atoms with E-state index in [4.69, 9.17) is 4.74 Å². The van der Waals surface area contributed by atoms with Crippen molar-refractivity contribution in [2.45, 2.75) is 25.4 Å². The molecule has 3 heterocycles. The van der Waals surface area contributed by atoms with Gasteiger partial charge < -0.3 is 14.6 Å². The molecule has 0 radical (unpaired) electrons. The van der Waals surface area contributed by atoms with Crippen LogP contribution in [-0.4, -0.2) is 51.7 Å². The predicted octanol–water partition coefficient (Wildman–Crippen LogP) is 4.19. The molecule has 35 heavy (non-hydrogen) atoms. The summed E-state index contributed by atoms with van der Waals surface area (Å²) >= 11 is 0. The van der Waals surface area contributed by atoms with E-state index in [1.54, 1.807) is 0 Å². The number of urea groups is 1. The lowest BCUT2D eigenvalue weighted by molar-refractivity contribution is 0.190. The lowest BCUT2D eigenvalue weighted by Crippen LogP contribution is -2.45. The Kier molecular flexibility index (Phi) is 6.21. The molecule has 0 saturated carbocycles. The number of methoxy groups -OCH3 is 1. The number of nitrogens with one attached hydrogen (secondary N) is 2. The van der Waals surface area contributed by atoms with Crippen LogP contribution in [0.2, 0.25) is 0 Å². The monoisotopic (exact) mass is 480 g/mol. The summed E-state index contributed by atoms with van der Waals surface area (Å²) in [5.41, 5.74) is 2.76. The third-order valence-corrected chi connectivity index (χ3v) is 6.40. The molecule has 1 fully saturated rings. The number of ether oxygens (including phenoxy) is 1. The van der Waals surface area contributed by atoms with Crippen molar-refractivity contribution < 1.29 is 18.3 Å². The van der Waals surface area contributed by atoms with E-state index in [0.29, 0.717) is 0 Å². The van der Waals surface area contributed by atoms with Gasteiger partial charge in [-0.15, -0.1) is 0 Å². The van der Waals surface area contributed by atoms with Crippen LogP contribution in [-0.2, 0) is 13.6 Å². The van der Waals surface area contributed by atoms with Crippen LogP contribution in [0.15, 0.2) is 42.6 Å². The first-order valence-electron chi connectivity index (χ1n) is 11.4. The number of anilines is 1. The number of halogens is 2. The fourth-order valence-corrected chi connectivity index (χ4v) is 4.62. The van der Waals surface area contributed by atoms with Gasteiger partial charge in [0.05, 0.1) is 18.1 Å². The first kappa shape index (κ1) is 23.0. The van der Waals surface area contributed by atoms with Gasteiger partial charge in [0.15, 0.2) is 17.5 Å². The lowest BCUT2D eigenvalue weighted by atomic mass is 10.0. The Bertz CT molecular complexity index is 1400. The topological polar surface area (TPSA) is 84.3 Å². The second-order valence-electron chi connectivity index (χ2n) is 8.77. The average molecular weight is 481 g/mol. The number of aromatic nitrogens is 3. The van der Waals surface area contributed by atoms with E-state index in [9.17, 15) is 13.6 Å². The third kappa shape index (κ3) is 4.74. The van der Waals surface area contributed by atoms with Crippen molar-refractivity contribution in [3.8, 4) is 5.88 Å². The highest BCUT2D eigenvalue weighted by Crippen LogP contribution is 2.26. The summed E-state index contributed by atoms with van der Waals surface area (Å²) < 4.78 is 34.4. The number of fused-ring (bicyclic) bond motifs is 2. The molecule has 8 nitrogen and oxygen atoms in total. The number of amides is 2. The van der Waals surface area contributed by atoms with Gasteiger partial charge in [-0.25, -0.2) is 23.5 Å². The molecule has 0 aliphatic carbocycles. The van der Waals surface area contributed by atoms with Gasteiger partial charge in [-0.2, -0.15) is 0 Å². The molecular formula is C25H26F2N6O2. The number of rotatable bonds is 5. The Balaban J connectivity index is 1.19. The lowest BCUT2D eigenvalue weighted by Gasteiger charge is -2.32. The molecule has 2 N–H and O–H groups in total. The van der Waals surface area contributed by atoms with Crippen molar-refractivity contribution in [3.63, 3.8) is 0 Å². The number of hydrogen-bond donors (Lipinski definition) is 2. The number of nitrogens with zero attached hydrogens (tertiary/aromatic N) is 4. The van der Waals surface area contributed by atoms with E-state index >= 15 is 0 Å². The SMILES string of the molecule is COc1nc2cc(F)c(F)cc2nc1NC(=O)NC1CCN(Cc2cn(C)c3ccccc23)CC1. The molecule has 4 aromatic rings. The molecule has 1 aliphatic rings. The molecule has 1 aliphatic heterocycles. The highest BCUT2D eigenvalue weighted by atomic mass is 19.2. The summed E-state index contributed by atoms with van der Waals surface area (Å²) in [7, 11) is 3.43. The molecule has 2 aromatic heterocycles. The maximum atomic E-state index is 13.6. The van der Waals surface area contributed by atoms with E-state index < -0.39 is 17.7 Å².